The van der Waals surface area contributed by atoms with Crippen molar-refractivity contribution in [2.24, 2.45) is 10.2 Å². The number of aromatic nitrogens is 1. The largest absolute Gasteiger partial charge is 0.464 e. The zero-order valence-electron chi connectivity index (χ0n) is 13.2. The van der Waals surface area contributed by atoms with E-state index in [2.05, 4.69) is 15.4 Å². The van der Waals surface area contributed by atoms with Gasteiger partial charge in [-0.25, -0.2) is 4.79 Å². The standard InChI is InChI=1S/C15H19N3O5/c1-3-20-14-12(17-16-11-9-10(2)23-18-11)13(19)21-15(22-14)7-5-4-6-8-15/h9H,3-8H2,1-2H3. The molecule has 0 atom stereocenters. The number of nitrogens with zero attached hydrogens (tertiary/aromatic N) is 3. The molecule has 0 bridgehead atoms. The molecule has 1 aliphatic heterocycles. The molecule has 1 aliphatic carbocycles. The average Bonchev–Trinajstić information content (AvgIpc) is 2.93. The van der Waals surface area contributed by atoms with E-state index in [9.17, 15) is 4.79 Å². The molecular formula is C15H19N3O5. The van der Waals surface area contributed by atoms with E-state index in [1.807, 2.05) is 0 Å². The minimum absolute atomic E-state index is 0.0645. The molecule has 1 aromatic heterocycles. The molecule has 8 nitrogen and oxygen atoms in total. The lowest BCUT2D eigenvalue weighted by Gasteiger charge is -2.39. The Morgan fingerprint density at radius 1 is 1.26 bits per heavy atom. The zero-order chi connectivity index (χ0) is 16.3. The van der Waals surface area contributed by atoms with Crippen molar-refractivity contribution >= 4 is 11.8 Å². The van der Waals surface area contributed by atoms with E-state index >= 15 is 0 Å². The average molecular weight is 321 g/mol. The molecular weight excluding hydrogens is 302 g/mol. The number of esters is 1. The molecule has 2 aliphatic rings. The third-order valence-electron chi connectivity index (χ3n) is 3.70. The fourth-order valence-electron chi connectivity index (χ4n) is 2.65. The number of aryl methyl sites for hydroxylation is 1. The van der Waals surface area contributed by atoms with E-state index in [1.165, 1.54) is 0 Å². The summed E-state index contributed by atoms with van der Waals surface area (Å²) < 4.78 is 21.7. The van der Waals surface area contributed by atoms with Crippen LogP contribution < -0.4 is 0 Å². The van der Waals surface area contributed by atoms with Gasteiger partial charge in [0, 0.05) is 18.9 Å². The summed E-state index contributed by atoms with van der Waals surface area (Å²) in [5.41, 5.74) is -0.0938. The van der Waals surface area contributed by atoms with Gasteiger partial charge in [-0.2, -0.15) is 0 Å². The predicted molar refractivity (Wildman–Crippen MR) is 77.4 cm³/mol. The molecule has 1 spiro atoms. The second kappa shape index (κ2) is 6.39. The van der Waals surface area contributed by atoms with Crippen LogP contribution in [0.1, 0.15) is 44.8 Å². The van der Waals surface area contributed by atoms with Crippen molar-refractivity contribution in [1.82, 2.24) is 5.16 Å². The third-order valence-corrected chi connectivity index (χ3v) is 3.70. The van der Waals surface area contributed by atoms with Crippen molar-refractivity contribution in [3.63, 3.8) is 0 Å². The number of ether oxygens (including phenoxy) is 3. The Kier molecular flexibility index (Phi) is 4.31. The van der Waals surface area contributed by atoms with Crippen LogP contribution >= 0.6 is 0 Å². The summed E-state index contributed by atoms with van der Waals surface area (Å²) in [4.78, 5) is 12.3. The smallest absolute Gasteiger partial charge is 0.369 e. The Morgan fingerprint density at radius 3 is 2.70 bits per heavy atom. The van der Waals surface area contributed by atoms with Crippen molar-refractivity contribution in [2.75, 3.05) is 6.61 Å². The molecule has 0 N–H and O–H groups in total. The molecule has 0 amide bonds. The minimum Gasteiger partial charge on any atom is -0.464 e. The van der Waals surface area contributed by atoms with Crippen molar-refractivity contribution < 1.29 is 23.5 Å². The highest BCUT2D eigenvalue weighted by atomic mass is 16.8. The second-order valence-corrected chi connectivity index (χ2v) is 5.53. The second-order valence-electron chi connectivity index (χ2n) is 5.53. The molecule has 1 saturated carbocycles. The van der Waals surface area contributed by atoms with Crippen LogP contribution in [0.15, 0.2) is 32.5 Å². The monoisotopic (exact) mass is 321 g/mol. The third kappa shape index (κ3) is 3.35. The summed E-state index contributed by atoms with van der Waals surface area (Å²) in [6.45, 7) is 3.89. The molecule has 8 heteroatoms. The number of carbonyl (C=O) groups is 1. The first-order valence-corrected chi connectivity index (χ1v) is 7.76. The Bertz CT molecular complexity index is 643. The summed E-state index contributed by atoms with van der Waals surface area (Å²) in [6.07, 6.45) is 4.31. The number of hydrogen-bond acceptors (Lipinski definition) is 8. The van der Waals surface area contributed by atoms with Crippen LogP contribution in [-0.4, -0.2) is 23.5 Å². The lowest BCUT2D eigenvalue weighted by Crippen LogP contribution is -2.44. The number of carbonyl (C=O) groups excluding carboxylic acids is 1. The highest BCUT2D eigenvalue weighted by Gasteiger charge is 2.45. The van der Waals surface area contributed by atoms with E-state index in [0.29, 0.717) is 25.2 Å². The molecule has 124 valence electrons. The van der Waals surface area contributed by atoms with Gasteiger partial charge in [-0.1, -0.05) is 11.6 Å². The summed E-state index contributed by atoms with van der Waals surface area (Å²) in [7, 11) is 0. The fourth-order valence-corrected chi connectivity index (χ4v) is 2.65. The zero-order valence-corrected chi connectivity index (χ0v) is 13.2. The van der Waals surface area contributed by atoms with Gasteiger partial charge in [0.2, 0.25) is 5.82 Å². The summed E-state index contributed by atoms with van der Waals surface area (Å²) in [5.74, 6) is -0.595. The topological polar surface area (TPSA) is 95.5 Å². The molecule has 0 radical (unpaired) electrons. The normalized spacial score (nSPS) is 20.7. The first-order valence-electron chi connectivity index (χ1n) is 7.76. The molecule has 2 heterocycles. The first-order chi connectivity index (χ1) is 11.1. The van der Waals surface area contributed by atoms with Gasteiger partial charge in [-0.3, -0.25) is 0 Å². The van der Waals surface area contributed by atoms with Gasteiger partial charge < -0.3 is 18.7 Å². The van der Waals surface area contributed by atoms with E-state index in [-0.39, 0.29) is 17.5 Å². The quantitative estimate of drug-likeness (QED) is 0.622. The molecule has 0 unspecified atom stereocenters. The van der Waals surface area contributed by atoms with Gasteiger partial charge in [0.15, 0.2) is 0 Å². The van der Waals surface area contributed by atoms with E-state index < -0.39 is 11.8 Å². The van der Waals surface area contributed by atoms with E-state index in [0.717, 1.165) is 19.3 Å². The van der Waals surface area contributed by atoms with Crippen LogP contribution in [0, 0.1) is 6.92 Å². The maximum Gasteiger partial charge on any atom is 0.369 e. The molecule has 0 aromatic carbocycles. The Morgan fingerprint density at radius 2 is 2.04 bits per heavy atom. The Balaban J connectivity index is 1.86. The van der Waals surface area contributed by atoms with Gasteiger partial charge in [0.25, 0.3) is 11.5 Å². The Labute approximate surface area is 133 Å². The van der Waals surface area contributed by atoms with E-state index in [1.54, 1.807) is 19.9 Å². The van der Waals surface area contributed by atoms with Gasteiger partial charge in [-0.15, -0.1) is 10.2 Å². The fraction of sp³-hybridized carbons (Fsp3) is 0.600. The summed E-state index contributed by atoms with van der Waals surface area (Å²) in [5, 5.41) is 11.4. The minimum atomic E-state index is -0.927. The van der Waals surface area contributed by atoms with Crippen LogP contribution in [0.2, 0.25) is 0 Å². The van der Waals surface area contributed by atoms with Crippen molar-refractivity contribution in [3.8, 4) is 0 Å². The highest BCUT2D eigenvalue weighted by molar-refractivity contribution is 5.89. The molecule has 3 rings (SSSR count). The Hall–Kier alpha value is -2.38. The maximum atomic E-state index is 12.3. The highest BCUT2D eigenvalue weighted by Crippen LogP contribution is 2.39. The number of hydrogen-bond donors (Lipinski definition) is 0. The summed E-state index contributed by atoms with van der Waals surface area (Å²) in [6, 6.07) is 1.60. The first kappa shape index (κ1) is 15.5. The molecule has 23 heavy (non-hydrogen) atoms. The predicted octanol–water partition coefficient (Wildman–Crippen LogP) is 3.51. The molecule has 1 aromatic rings. The van der Waals surface area contributed by atoms with Crippen molar-refractivity contribution in [3.05, 3.63) is 23.5 Å². The lowest BCUT2D eigenvalue weighted by atomic mass is 9.93. The van der Waals surface area contributed by atoms with Crippen molar-refractivity contribution in [1.29, 1.82) is 0 Å². The maximum absolute atomic E-state index is 12.3. The molecule has 0 saturated heterocycles. The summed E-state index contributed by atoms with van der Waals surface area (Å²) >= 11 is 0. The van der Waals surface area contributed by atoms with E-state index in [4.69, 9.17) is 18.7 Å². The van der Waals surface area contributed by atoms with Crippen LogP contribution in [0.25, 0.3) is 0 Å². The lowest BCUT2D eigenvalue weighted by molar-refractivity contribution is -0.254. The van der Waals surface area contributed by atoms with Crippen LogP contribution in [0.5, 0.6) is 0 Å². The van der Waals surface area contributed by atoms with Gasteiger partial charge in [-0.05, 0) is 26.7 Å². The number of azo groups is 1. The van der Waals surface area contributed by atoms with Gasteiger partial charge in [0.1, 0.15) is 5.76 Å². The van der Waals surface area contributed by atoms with Crippen LogP contribution in [0.3, 0.4) is 0 Å². The SMILES string of the molecule is CCOC1=C(N=Nc2cc(C)on2)C(=O)OC2(CCCCC2)O1. The molecule has 1 fully saturated rings. The van der Waals surface area contributed by atoms with Crippen molar-refractivity contribution in [2.45, 2.75) is 51.7 Å². The van der Waals surface area contributed by atoms with Crippen LogP contribution in [-0.2, 0) is 19.0 Å². The van der Waals surface area contributed by atoms with Gasteiger partial charge in [0.05, 0.1) is 6.61 Å². The van der Waals surface area contributed by atoms with Gasteiger partial charge >= 0.3 is 11.9 Å². The van der Waals surface area contributed by atoms with Crippen LogP contribution in [0.4, 0.5) is 5.82 Å². The number of rotatable bonds is 4.